The third-order valence-corrected chi connectivity index (χ3v) is 4.39. The number of piperazine rings is 1. The zero-order chi connectivity index (χ0) is 18.5. The molecule has 2 amide bonds. The highest BCUT2D eigenvalue weighted by Crippen LogP contribution is 2.26. The van der Waals surface area contributed by atoms with Gasteiger partial charge in [-0.15, -0.1) is 0 Å². The number of hydrogen-bond acceptors (Lipinski definition) is 5. The lowest BCUT2D eigenvalue weighted by molar-refractivity contribution is -0.130. The van der Waals surface area contributed by atoms with E-state index in [0.717, 1.165) is 5.69 Å². The zero-order valence-electron chi connectivity index (χ0n) is 14.9. The number of hydrogen-bond donors (Lipinski definition) is 1. The summed E-state index contributed by atoms with van der Waals surface area (Å²) in [6, 6.07) is 11.0. The van der Waals surface area contributed by atoms with E-state index in [1.165, 1.54) is 0 Å². The van der Waals surface area contributed by atoms with Crippen LogP contribution in [0.2, 0.25) is 0 Å². The number of carbonyl (C=O) groups is 2. The van der Waals surface area contributed by atoms with E-state index in [1.807, 2.05) is 24.3 Å². The lowest BCUT2D eigenvalue weighted by Crippen LogP contribution is -2.50. The van der Waals surface area contributed by atoms with Crippen LogP contribution in [-0.2, 0) is 4.79 Å². The van der Waals surface area contributed by atoms with Crippen LogP contribution in [0.3, 0.4) is 0 Å². The van der Waals surface area contributed by atoms with Crippen LogP contribution in [0.4, 0.5) is 11.5 Å². The van der Waals surface area contributed by atoms with E-state index in [-0.39, 0.29) is 11.8 Å². The second-order valence-corrected chi connectivity index (χ2v) is 6.05. The van der Waals surface area contributed by atoms with Crippen LogP contribution in [-0.4, -0.2) is 59.9 Å². The number of carbonyl (C=O) groups excluding carboxylic acids is 2. The number of rotatable bonds is 4. The maximum atomic E-state index is 12.7. The van der Waals surface area contributed by atoms with Crippen molar-refractivity contribution in [3.63, 3.8) is 0 Å². The van der Waals surface area contributed by atoms with Crippen LogP contribution < -0.4 is 10.1 Å². The van der Waals surface area contributed by atoms with Crippen molar-refractivity contribution in [2.45, 2.75) is 6.92 Å². The van der Waals surface area contributed by atoms with Gasteiger partial charge in [0.25, 0.3) is 5.91 Å². The molecule has 0 unspecified atom stereocenters. The van der Waals surface area contributed by atoms with Gasteiger partial charge in [0.2, 0.25) is 5.91 Å². The average Bonchev–Trinajstić information content (AvgIpc) is 2.68. The number of aromatic nitrogens is 1. The summed E-state index contributed by atoms with van der Waals surface area (Å²) in [5.41, 5.74) is 1.34. The van der Waals surface area contributed by atoms with Gasteiger partial charge >= 0.3 is 0 Å². The van der Waals surface area contributed by atoms with Crippen LogP contribution in [0.15, 0.2) is 42.6 Å². The predicted octanol–water partition coefficient (Wildman–Crippen LogP) is 2.14. The standard InChI is InChI=1S/C19H22N4O3/c1-14(24)22-9-11-23(12-10-22)19(25)15-7-8-20-18(13-15)21-16-5-3-4-6-17(16)26-2/h3-8,13H,9-12H2,1-2H3,(H,20,21). The number of ether oxygens (including phenoxy) is 1. The molecule has 0 bridgehead atoms. The van der Waals surface area contributed by atoms with Crippen molar-refractivity contribution in [2.24, 2.45) is 0 Å². The molecule has 1 saturated heterocycles. The van der Waals surface area contributed by atoms with E-state index in [9.17, 15) is 9.59 Å². The summed E-state index contributed by atoms with van der Waals surface area (Å²) in [6.07, 6.45) is 1.61. The van der Waals surface area contributed by atoms with Gasteiger partial charge in [0, 0.05) is 44.9 Å². The van der Waals surface area contributed by atoms with Crippen molar-refractivity contribution in [3.05, 3.63) is 48.2 Å². The molecule has 0 saturated carbocycles. The number of nitrogens with zero attached hydrogens (tertiary/aromatic N) is 3. The Morgan fingerprint density at radius 1 is 1.08 bits per heavy atom. The fourth-order valence-electron chi connectivity index (χ4n) is 2.92. The van der Waals surface area contributed by atoms with Gasteiger partial charge < -0.3 is 19.9 Å². The van der Waals surface area contributed by atoms with Crippen LogP contribution in [0.5, 0.6) is 5.75 Å². The Morgan fingerprint density at radius 3 is 2.46 bits per heavy atom. The van der Waals surface area contributed by atoms with Gasteiger partial charge in [0.05, 0.1) is 12.8 Å². The summed E-state index contributed by atoms with van der Waals surface area (Å²) in [6.45, 7) is 3.76. The number of benzene rings is 1. The maximum Gasteiger partial charge on any atom is 0.254 e. The molecule has 26 heavy (non-hydrogen) atoms. The molecule has 7 heteroatoms. The summed E-state index contributed by atoms with van der Waals surface area (Å²) < 4.78 is 5.32. The molecule has 1 aromatic heterocycles. The van der Waals surface area contributed by atoms with E-state index in [4.69, 9.17) is 4.74 Å². The number of methoxy groups -OCH3 is 1. The lowest BCUT2D eigenvalue weighted by Gasteiger charge is -2.34. The molecule has 2 aromatic rings. The quantitative estimate of drug-likeness (QED) is 0.910. The maximum absolute atomic E-state index is 12.7. The zero-order valence-corrected chi connectivity index (χ0v) is 14.9. The first-order valence-electron chi connectivity index (χ1n) is 8.49. The lowest BCUT2D eigenvalue weighted by atomic mass is 10.2. The molecule has 0 spiro atoms. The van der Waals surface area contributed by atoms with Crippen molar-refractivity contribution in [1.82, 2.24) is 14.8 Å². The van der Waals surface area contributed by atoms with Gasteiger partial charge in [-0.25, -0.2) is 4.98 Å². The van der Waals surface area contributed by atoms with E-state index in [0.29, 0.717) is 43.3 Å². The van der Waals surface area contributed by atoms with Gasteiger partial charge in [0.1, 0.15) is 11.6 Å². The Morgan fingerprint density at radius 2 is 1.77 bits per heavy atom. The molecule has 1 aliphatic rings. The molecular weight excluding hydrogens is 332 g/mol. The third kappa shape index (κ3) is 3.93. The van der Waals surface area contributed by atoms with Gasteiger partial charge in [-0.2, -0.15) is 0 Å². The molecule has 3 rings (SSSR count). The van der Waals surface area contributed by atoms with E-state index in [2.05, 4.69) is 10.3 Å². The number of anilines is 2. The van der Waals surface area contributed by atoms with Crippen LogP contribution >= 0.6 is 0 Å². The summed E-state index contributed by atoms with van der Waals surface area (Å²) in [5.74, 6) is 1.26. The molecule has 0 atom stereocenters. The minimum absolute atomic E-state index is 0.0457. The van der Waals surface area contributed by atoms with Crippen molar-refractivity contribution < 1.29 is 14.3 Å². The topological polar surface area (TPSA) is 74.8 Å². The summed E-state index contributed by atoms with van der Waals surface area (Å²) in [4.78, 5) is 32.0. The summed E-state index contributed by atoms with van der Waals surface area (Å²) in [5, 5.41) is 3.18. The molecule has 2 heterocycles. The molecule has 1 N–H and O–H groups in total. The third-order valence-electron chi connectivity index (χ3n) is 4.39. The Hall–Kier alpha value is -3.09. The van der Waals surface area contributed by atoms with Gasteiger partial charge in [-0.05, 0) is 24.3 Å². The van der Waals surface area contributed by atoms with Crippen LogP contribution in [0.25, 0.3) is 0 Å². The Balaban J connectivity index is 1.71. The predicted molar refractivity (Wildman–Crippen MR) is 98.7 cm³/mol. The van der Waals surface area contributed by atoms with Crippen molar-refractivity contribution in [1.29, 1.82) is 0 Å². The molecular formula is C19H22N4O3. The smallest absolute Gasteiger partial charge is 0.254 e. The van der Waals surface area contributed by atoms with Crippen LogP contribution in [0, 0.1) is 0 Å². The molecule has 1 aliphatic heterocycles. The molecule has 0 radical (unpaired) electrons. The fraction of sp³-hybridized carbons (Fsp3) is 0.316. The van der Waals surface area contributed by atoms with Gasteiger partial charge in [-0.3, -0.25) is 9.59 Å². The van der Waals surface area contributed by atoms with E-state index >= 15 is 0 Å². The normalized spacial score (nSPS) is 14.1. The monoisotopic (exact) mass is 354 g/mol. The second-order valence-electron chi connectivity index (χ2n) is 6.05. The Kier molecular flexibility index (Phi) is 5.36. The summed E-state index contributed by atoms with van der Waals surface area (Å²) in [7, 11) is 1.61. The first-order chi connectivity index (χ1) is 12.6. The first kappa shape index (κ1) is 17.7. The van der Waals surface area contributed by atoms with E-state index < -0.39 is 0 Å². The Labute approximate surface area is 152 Å². The fourth-order valence-corrected chi connectivity index (χ4v) is 2.92. The molecule has 0 aliphatic carbocycles. The second kappa shape index (κ2) is 7.86. The SMILES string of the molecule is COc1ccccc1Nc1cc(C(=O)N2CCN(C(C)=O)CC2)ccn1. The first-order valence-corrected chi connectivity index (χ1v) is 8.49. The van der Waals surface area contributed by atoms with Crippen molar-refractivity contribution >= 4 is 23.3 Å². The summed E-state index contributed by atoms with van der Waals surface area (Å²) >= 11 is 0. The number of para-hydroxylation sites is 2. The minimum Gasteiger partial charge on any atom is -0.495 e. The Bertz CT molecular complexity index is 801. The van der Waals surface area contributed by atoms with Crippen molar-refractivity contribution in [3.8, 4) is 5.75 Å². The largest absolute Gasteiger partial charge is 0.495 e. The van der Waals surface area contributed by atoms with Crippen LogP contribution in [0.1, 0.15) is 17.3 Å². The highest BCUT2D eigenvalue weighted by atomic mass is 16.5. The number of pyridine rings is 1. The van der Waals surface area contributed by atoms with Gasteiger partial charge in [-0.1, -0.05) is 12.1 Å². The molecule has 1 fully saturated rings. The minimum atomic E-state index is -0.0568. The highest BCUT2D eigenvalue weighted by Gasteiger charge is 2.23. The number of amides is 2. The highest BCUT2D eigenvalue weighted by molar-refractivity contribution is 5.95. The van der Waals surface area contributed by atoms with Crippen molar-refractivity contribution in [2.75, 3.05) is 38.6 Å². The molecule has 1 aromatic carbocycles. The van der Waals surface area contributed by atoms with E-state index in [1.54, 1.807) is 42.2 Å². The van der Waals surface area contributed by atoms with Gasteiger partial charge in [0.15, 0.2) is 0 Å². The molecule has 7 nitrogen and oxygen atoms in total. The number of nitrogens with one attached hydrogen (secondary N) is 1. The molecule has 136 valence electrons. The average molecular weight is 354 g/mol.